The number of hydrogen-bond donors (Lipinski definition) is 1. The number of aromatic carboxylic acids is 1. The summed E-state index contributed by atoms with van der Waals surface area (Å²) in [5.74, 6) is -0.978. The second kappa shape index (κ2) is 6.04. The van der Waals surface area contributed by atoms with Crippen molar-refractivity contribution in [2.45, 2.75) is 19.4 Å². The maximum absolute atomic E-state index is 11.2. The molecule has 0 bridgehead atoms. The number of nitro groups is 1. The fourth-order valence-electron chi connectivity index (χ4n) is 2.61. The summed E-state index contributed by atoms with van der Waals surface area (Å²) < 4.78 is 0. The van der Waals surface area contributed by atoms with Crippen LogP contribution in [0.5, 0.6) is 0 Å². The summed E-state index contributed by atoms with van der Waals surface area (Å²) in [7, 11) is 2.01. The molecule has 8 heteroatoms. The summed E-state index contributed by atoms with van der Waals surface area (Å²) in [6, 6.07) is 1.14. The van der Waals surface area contributed by atoms with E-state index < -0.39 is 10.9 Å². The van der Waals surface area contributed by atoms with Gasteiger partial charge in [0.05, 0.1) is 10.5 Å². The van der Waals surface area contributed by atoms with Crippen molar-refractivity contribution >= 4 is 17.5 Å². The lowest BCUT2D eigenvalue weighted by Crippen LogP contribution is -2.38. The zero-order valence-electron chi connectivity index (χ0n) is 12.0. The third-order valence-corrected chi connectivity index (χ3v) is 3.61. The van der Waals surface area contributed by atoms with Crippen LogP contribution in [-0.2, 0) is 0 Å². The summed E-state index contributed by atoms with van der Waals surface area (Å²) in [5.41, 5.74) is -0.434. The number of carbonyl (C=O) groups is 1. The van der Waals surface area contributed by atoms with Crippen molar-refractivity contribution in [3.8, 4) is 0 Å². The SMILES string of the molecule is CC1CN(C)CCCN1c1ncc(C(=O)O)cc1[N+](=O)[O-]. The number of hydrogen-bond acceptors (Lipinski definition) is 6. The van der Waals surface area contributed by atoms with E-state index in [1.807, 2.05) is 18.9 Å². The van der Waals surface area contributed by atoms with Gasteiger partial charge in [-0.05, 0) is 26.9 Å². The predicted molar refractivity (Wildman–Crippen MR) is 76.8 cm³/mol. The standard InChI is InChI=1S/C13H18N4O4/c1-9-8-15(2)4-3-5-16(9)12-11(17(20)21)6-10(7-14-12)13(18)19/h6-7,9H,3-5,8H2,1-2H3,(H,18,19). The minimum Gasteiger partial charge on any atom is -0.478 e. The molecule has 0 radical (unpaired) electrons. The Balaban J connectivity index is 2.42. The van der Waals surface area contributed by atoms with Crippen LogP contribution in [0.2, 0.25) is 0 Å². The third-order valence-electron chi connectivity index (χ3n) is 3.61. The first kappa shape index (κ1) is 15.2. The maximum Gasteiger partial charge on any atom is 0.337 e. The van der Waals surface area contributed by atoms with Gasteiger partial charge in [0, 0.05) is 31.4 Å². The Labute approximate surface area is 122 Å². The van der Waals surface area contributed by atoms with Gasteiger partial charge in [-0.25, -0.2) is 9.78 Å². The van der Waals surface area contributed by atoms with Crippen molar-refractivity contribution in [3.05, 3.63) is 27.9 Å². The Morgan fingerprint density at radius 3 is 2.86 bits per heavy atom. The smallest absolute Gasteiger partial charge is 0.337 e. The molecule has 1 aliphatic rings. The van der Waals surface area contributed by atoms with Gasteiger partial charge >= 0.3 is 11.7 Å². The van der Waals surface area contributed by atoms with Gasteiger partial charge in [-0.2, -0.15) is 0 Å². The lowest BCUT2D eigenvalue weighted by molar-refractivity contribution is -0.384. The first-order valence-electron chi connectivity index (χ1n) is 6.73. The van der Waals surface area contributed by atoms with E-state index >= 15 is 0 Å². The van der Waals surface area contributed by atoms with Crippen LogP contribution in [0.25, 0.3) is 0 Å². The topological polar surface area (TPSA) is 99.8 Å². The largest absolute Gasteiger partial charge is 0.478 e. The molecule has 2 rings (SSSR count). The van der Waals surface area contributed by atoms with Crippen molar-refractivity contribution in [1.29, 1.82) is 0 Å². The van der Waals surface area contributed by atoms with Gasteiger partial charge in [0.25, 0.3) is 0 Å². The molecule has 21 heavy (non-hydrogen) atoms. The van der Waals surface area contributed by atoms with Crippen molar-refractivity contribution < 1.29 is 14.8 Å². The number of carboxylic acids is 1. The van der Waals surface area contributed by atoms with Crippen LogP contribution in [0.15, 0.2) is 12.3 Å². The Bertz CT molecular complexity index is 563. The summed E-state index contributed by atoms with van der Waals surface area (Å²) in [6.45, 7) is 4.34. The molecule has 2 heterocycles. The minimum absolute atomic E-state index is 0.0689. The van der Waals surface area contributed by atoms with E-state index in [2.05, 4.69) is 9.88 Å². The van der Waals surface area contributed by atoms with Crippen LogP contribution in [0.3, 0.4) is 0 Å². The molecule has 8 nitrogen and oxygen atoms in total. The lowest BCUT2D eigenvalue weighted by atomic mass is 10.2. The van der Waals surface area contributed by atoms with Crippen LogP contribution < -0.4 is 4.90 Å². The Hall–Kier alpha value is -2.22. The molecule has 0 saturated carbocycles. The van der Waals surface area contributed by atoms with E-state index in [-0.39, 0.29) is 23.1 Å². The first-order chi connectivity index (χ1) is 9.90. The van der Waals surface area contributed by atoms with Crippen LogP contribution in [0.1, 0.15) is 23.7 Å². The average molecular weight is 294 g/mol. The first-order valence-corrected chi connectivity index (χ1v) is 6.73. The van der Waals surface area contributed by atoms with Gasteiger partial charge < -0.3 is 14.9 Å². The molecule has 1 saturated heterocycles. The molecule has 1 aromatic rings. The second-order valence-electron chi connectivity index (χ2n) is 5.29. The van der Waals surface area contributed by atoms with Crippen LogP contribution in [0, 0.1) is 10.1 Å². The summed E-state index contributed by atoms with van der Waals surface area (Å²) in [6.07, 6.45) is 2.05. The second-order valence-corrected chi connectivity index (χ2v) is 5.29. The third kappa shape index (κ3) is 3.27. The maximum atomic E-state index is 11.2. The highest BCUT2D eigenvalue weighted by Gasteiger charge is 2.28. The van der Waals surface area contributed by atoms with Crippen molar-refractivity contribution in [2.75, 3.05) is 31.6 Å². The van der Waals surface area contributed by atoms with Crippen LogP contribution in [-0.4, -0.2) is 58.6 Å². The molecule has 1 aliphatic heterocycles. The Kier molecular flexibility index (Phi) is 4.37. The van der Waals surface area contributed by atoms with Crippen molar-refractivity contribution in [1.82, 2.24) is 9.88 Å². The molecule has 0 aliphatic carbocycles. The number of nitrogens with zero attached hydrogens (tertiary/aromatic N) is 4. The number of anilines is 1. The van der Waals surface area contributed by atoms with Crippen molar-refractivity contribution in [2.24, 2.45) is 0 Å². The van der Waals surface area contributed by atoms with E-state index in [4.69, 9.17) is 5.11 Å². The molecule has 0 aromatic carbocycles. The molecular weight excluding hydrogens is 276 g/mol. The lowest BCUT2D eigenvalue weighted by Gasteiger charge is -2.28. The highest BCUT2D eigenvalue weighted by Crippen LogP contribution is 2.29. The van der Waals surface area contributed by atoms with E-state index in [1.165, 1.54) is 6.20 Å². The van der Waals surface area contributed by atoms with E-state index in [0.717, 1.165) is 25.6 Å². The van der Waals surface area contributed by atoms with E-state index in [0.29, 0.717) is 6.54 Å². The number of aromatic nitrogens is 1. The molecule has 1 fully saturated rings. The van der Waals surface area contributed by atoms with Gasteiger partial charge in [-0.3, -0.25) is 10.1 Å². The minimum atomic E-state index is -1.22. The zero-order valence-corrected chi connectivity index (χ0v) is 12.0. The van der Waals surface area contributed by atoms with Crippen LogP contribution >= 0.6 is 0 Å². The molecule has 1 aromatic heterocycles. The van der Waals surface area contributed by atoms with Gasteiger partial charge in [-0.1, -0.05) is 0 Å². The highest BCUT2D eigenvalue weighted by atomic mass is 16.6. The molecule has 114 valence electrons. The van der Waals surface area contributed by atoms with Gasteiger partial charge in [-0.15, -0.1) is 0 Å². The Morgan fingerprint density at radius 2 is 2.24 bits per heavy atom. The van der Waals surface area contributed by atoms with E-state index in [9.17, 15) is 14.9 Å². The number of carboxylic acid groups (broad SMARTS) is 1. The van der Waals surface area contributed by atoms with E-state index in [1.54, 1.807) is 0 Å². The number of rotatable bonds is 3. The average Bonchev–Trinajstić information content (AvgIpc) is 2.58. The zero-order chi connectivity index (χ0) is 15.6. The molecule has 1 N–H and O–H groups in total. The normalized spacial score (nSPS) is 20.1. The fourth-order valence-corrected chi connectivity index (χ4v) is 2.61. The molecule has 1 unspecified atom stereocenters. The van der Waals surface area contributed by atoms with Gasteiger partial charge in [0.1, 0.15) is 0 Å². The summed E-state index contributed by atoms with van der Waals surface area (Å²) >= 11 is 0. The summed E-state index contributed by atoms with van der Waals surface area (Å²) in [5, 5.41) is 20.2. The van der Waals surface area contributed by atoms with Crippen LogP contribution in [0.4, 0.5) is 11.5 Å². The van der Waals surface area contributed by atoms with Gasteiger partial charge in [0.2, 0.25) is 5.82 Å². The highest BCUT2D eigenvalue weighted by molar-refractivity contribution is 5.88. The monoisotopic (exact) mass is 294 g/mol. The molecule has 0 spiro atoms. The fraction of sp³-hybridized carbons (Fsp3) is 0.538. The van der Waals surface area contributed by atoms with Gasteiger partial charge in [0.15, 0.2) is 0 Å². The molecule has 1 atom stereocenters. The number of pyridine rings is 1. The quantitative estimate of drug-likeness (QED) is 0.660. The summed E-state index contributed by atoms with van der Waals surface area (Å²) in [4.78, 5) is 29.7. The predicted octanol–water partition coefficient (Wildman–Crippen LogP) is 1.22. The Morgan fingerprint density at radius 1 is 1.52 bits per heavy atom. The molecule has 0 amide bonds. The van der Waals surface area contributed by atoms with Crippen molar-refractivity contribution in [3.63, 3.8) is 0 Å². The molecular formula is C13H18N4O4. The number of likely N-dealkylation sites (N-methyl/N-ethyl adjacent to an activating group) is 1.